The molecule has 1 aliphatic carbocycles. The Morgan fingerprint density at radius 3 is 2.46 bits per heavy atom. The lowest BCUT2D eigenvalue weighted by atomic mass is 9.88. The van der Waals surface area contributed by atoms with Crippen molar-refractivity contribution in [2.24, 2.45) is 5.92 Å². The molecule has 1 heterocycles. The molecule has 0 aliphatic heterocycles. The highest BCUT2D eigenvalue weighted by atomic mass is 32.2. The van der Waals surface area contributed by atoms with Crippen molar-refractivity contribution in [2.45, 2.75) is 43.9 Å². The molecule has 0 bridgehead atoms. The Morgan fingerprint density at radius 2 is 1.81 bits per heavy atom. The number of rotatable bonds is 5. The van der Waals surface area contributed by atoms with Crippen LogP contribution < -0.4 is 5.32 Å². The number of aryl methyl sites for hydroxylation is 1. The van der Waals surface area contributed by atoms with Gasteiger partial charge in [0.1, 0.15) is 0 Å². The van der Waals surface area contributed by atoms with Crippen molar-refractivity contribution in [3.05, 3.63) is 46.9 Å². The number of sulfonamides is 1. The summed E-state index contributed by atoms with van der Waals surface area (Å²) in [5.41, 5.74) is 1.21. The van der Waals surface area contributed by atoms with Crippen LogP contribution in [0.1, 0.15) is 37.8 Å². The molecule has 1 aliphatic rings. The molecular weight excluding hydrogens is 352 g/mol. The van der Waals surface area contributed by atoms with Crippen molar-refractivity contribution in [3.63, 3.8) is 0 Å². The minimum Gasteiger partial charge on any atom is -0.366 e. The Morgan fingerprint density at radius 1 is 1.12 bits per heavy atom. The number of hydrogen-bond acceptors (Lipinski definition) is 5. The minimum atomic E-state index is -3.91. The van der Waals surface area contributed by atoms with Gasteiger partial charge in [0.05, 0.1) is 4.90 Å². The molecule has 1 aromatic carbocycles. The molecule has 3 rings (SSSR count). The highest BCUT2D eigenvalue weighted by molar-refractivity contribution is 7.94. The van der Waals surface area contributed by atoms with Crippen LogP contribution in [-0.2, 0) is 14.8 Å². The van der Waals surface area contributed by atoms with Gasteiger partial charge < -0.3 is 15.3 Å². The van der Waals surface area contributed by atoms with Crippen LogP contribution in [0.2, 0.25) is 0 Å². The third kappa shape index (κ3) is 4.57. The fourth-order valence-corrected chi connectivity index (χ4v) is 3.85. The van der Waals surface area contributed by atoms with E-state index in [2.05, 4.69) is 20.0 Å². The van der Waals surface area contributed by atoms with Crippen molar-refractivity contribution in [2.75, 3.05) is 5.32 Å². The summed E-state index contributed by atoms with van der Waals surface area (Å²) < 4.78 is 28.4. The maximum atomic E-state index is 12.4. The number of carbonyl (C=O) groups excluding carboxylic acids is 1. The molecule has 0 spiro atoms. The van der Waals surface area contributed by atoms with Gasteiger partial charge in [0.25, 0.3) is 0 Å². The molecule has 1 amide bonds. The van der Waals surface area contributed by atoms with Crippen LogP contribution in [0.5, 0.6) is 0 Å². The lowest BCUT2D eigenvalue weighted by Gasteiger charge is -2.20. The molecule has 0 radical (unpaired) electrons. The molecule has 0 atom stereocenters. The predicted molar refractivity (Wildman–Crippen MR) is 98.6 cm³/mol. The van der Waals surface area contributed by atoms with E-state index in [9.17, 15) is 13.2 Å². The summed E-state index contributed by atoms with van der Waals surface area (Å²) in [6.45, 7) is 1.73. The average Bonchev–Trinajstić information content (AvgIpc) is 2.62. The van der Waals surface area contributed by atoms with E-state index in [1.54, 1.807) is 25.1 Å². The molecule has 1 N–H and O–H groups in total. The number of benzene rings is 1. The maximum Gasteiger partial charge on any atom is 0.229 e. The normalized spacial score (nSPS) is 15.4. The first-order chi connectivity index (χ1) is 12.4. The van der Waals surface area contributed by atoms with E-state index in [1.165, 1.54) is 24.8 Å². The second kappa shape index (κ2) is 7.82. The number of hydrogen-bond donors (Lipinski definition) is 1. The second-order valence-electron chi connectivity index (χ2n) is 6.41. The van der Waals surface area contributed by atoms with Gasteiger partial charge in [-0.3, -0.25) is 9.52 Å². The zero-order valence-corrected chi connectivity index (χ0v) is 15.4. The van der Waals surface area contributed by atoms with Crippen LogP contribution >= 0.6 is 0 Å². The third-order valence-corrected chi connectivity index (χ3v) is 5.65. The summed E-state index contributed by atoms with van der Waals surface area (Å²) >= 11 is 0. The van der Waals surface area contributed by atoms with Crippen molar-refractivity contribution in [3.8, 4) is 0 Å². The minimum absolute atomic E-state index is 0.00171. The van der Waals surface area contributed by atoms with Crippen molar-refractivity contribution in [1.29, 1.82) is 0 Å². The number of anilines is 1. The van der Waals surface area contributed by atoms with Crippen molar-refractivity contribution < 1.29 is 13.2 Å². The lowest BCUT2D eigenvalue weighted by Crippen LogP contribution is -2.24. The van der Waals surface area contributed by atoms with Gasteiger partial charge in [0.15, 0.2) is 0 Å². The summed E-state index contributed by atoms with van der Waals surface area (Å²) in [7, 11) is -3.91. The van der Waals surface area contributed by atoms with E-state index >= 15 is 0 Å². The van der Waals surface area contributed by atoms with Gasteiger partial charge in [-0.1, -0.05) is 25.3 Å². The van der Waals surface area contributed by atoms with Crippen LogP contribution in [0.15, 0.2) is 41.4 Å². The monoisotopic (exact) mass is 373 g/mol. The van der Waals surface area contributed by atoms with E-state index < -0.39 is 10.0 Å². The first-order valence-corrected chi connectivity index (χ1v) is 10.1. The lowest BCUT2D eigenvalue weighted by molar-refractivity contribution is -0.120. The van der Waals surface area contributed by atoms with E-state index in [4.69, 9.17) is 0 Å². The smallest absolute Gasteiger partial charge is 0.229 e. The third-order valence-electron chi connectivity index (χ3n) is 4.38. The van der Waals surface area contributed by atoms with Gasteiger partial charge in [-0.25, -0.2) is 8.42 Å². The highest BCUT2D eigenvalue weighted by Crippen LogP contribution is 2.27. The average molecular weight is 373 g/mol. The van der Waals surface area contributed by atoms with Gasteiger partial charge in [-0.15, -0.1) is 0 Å². The van der Waals surface area contributed by atoms with Gasteiger partial charge in [0.2, 0.25) is 15.9 Å². The standard InChI is InChI=1S/C18H22N4O3S/c1-13-11-12-19-18(20-13)22-26(24,25)16-9-7-15(8-10-16)21-17(23)14-5-3-2-4-6-14/h7-12,14H,2-6H2,1H3,(H2,19,20,21,22,23)/p-1. The van der Waals surface area contributed by atoms with E-state index in [0.717, 1.165) is 25.7 Å². The predicted octanol–water partition coefficient (Wildman–Crippen LogP) is 3.70. The molecule has 7 nitrogen and oxygen atoms in total. The van der Waals surface area contributed by atoms with Gasteiger partial charge in [-0.2, -0.15) is 0 Å². The molecule has 138 valence electrons. The van der Waals surface area contributed by atoms with Gasteiger partial charge >= 0.3 is 0 Å². The van der Waals surface area contributed by atoms with Crippen molar-refractivity contribution in [1.82, 2.24) is 9.97 Å². The molecule has 2 aromatic rings. The molecule has 26 heavy (non-hydrogen) atoms. The Balaban J connectivity index is 1.67. The zero-order valence-electron chi connectivity index (χ0n) is 14.6. The quantitative estimate of drug-likeness (QED) is 0.861. The SMILES string of the molecule is Cc1ccnc([N-]S(=O)(=O)c2ccc(NC(=O)C3CCCCC3)cc2)n1. The Bertz CT molecular complexity index is 876. The van der Waals surface area contributed by atoms with Crippen LogP contribution in [-0.4, -0.2) is 24.3 Å². The molecule has 8 heteroatoms. The first kappa shape index (κ1) is 18.3. The number of amides is 1. The summed E-state index contributed by atoms with van der Waals surface area (Å²) in [6.07, 6.45) is 6.63. The topological polar surface area (TPSA) is 103 Å². The number of nitrogens with zero attached hydrogens (tertiary/aromatic N) is 3. The molecule has 1 fully saturated rings. The number of nitrogens with one attached hydrogen (secondary N) is 1. The van der Waals surface area contributed by atoms with Crippen LogP contribution in [0.3, 0.4) is 0 Å². The van der Waals surface area contributed by atoms with E-state index in [0.29, 0.717) is 11.4 Å². The fourth-order valence-electron chi connectivity index (χ4n) is 2.96. The van der Waals surface area contributed by atoms with Crippen LogP contribution in [0.25, 0.3) is 4.72 Å². The van der Waals surface area contributed by atoms with Crippen LogP contribution in [0.4, 0.5) is 11.6 Å². The van der Waals surface area contributed by atoms with Gasteiger partial charge in [-0.05, 0) is 55.9 Å². The van der Waals surface area contributed by atoms with E-state index in [1.807, 2.05) is 0 Å². The highest BCUT2D eigenvalue weighted by Gasteiger charge is 2.21. The number of aromatic nitrogens is 2. The largest absolute Gasteiger partial charge is 0.366 e. The molecule has 0 unspecified atom stereocenters. The summed E-state index contributed by atoms with van der Waals surface area (Å²) in [6, 6.07) is 7.64. The van der Waals surface area contributed by atoms with Gasteiger partial charge in [0, 0.05) is 17.6 Å². The van der Waals surface area contributed by atoms with Crippen molar-refractivity contribution >= 4 is 27.6 Å². The molecule has 1 aromatic heterocycles. The molecular formula is C18H21N4O3S-. The van der Waals surface area contributed by atoms with Crippen LogP contribution in [0, 0.1) is 12.8 Å². The first-order valence-electron chi connectivity index (χ1n) is 8.63. The van der Waals surface area contributed by atoms with E-state index in [-0.39, 0.29) is 22.7 Å². The Labute approximate surface area is 153 Å². The number of carbonyl (C=O) groups is 1. The Kier molecular flexibility index (Phi) is 5.51. The Hall–Kier alpha value is -2.48. The fraction of sp³-hybridized carbons (Fsp3) is 0.389. The second-order valence-corrected chi connectivity index (χ2v) is 8.02. The summed E-state index contributed by atoms with van der Waals surface area (Å²) in [5.74, 6) is -0.0570. The molecule has 1 saturated carbocycles. The maximum absolute atomic E-state index is 12.4. The molecule has 0 saturated heterocycles. The zero-order chi connectivity index (χ0) is 18.6. The summed E-state index contributed by atoms with van der Waals surface area (Å²) in [5, 5.41) is 2.86. The summed E-state index contributed by atoms with van der Waals surface area (Å²) in [4.78, 5) is 20.1.